The molecule has 0 heterocycles. The van der Waals surface area contributed by atoms with E-state index >= 15 is 0 Å². The van der Waals surface area contributed by atoms with Crippen LogP contribution in [0.4, 0.5) is 5.69 Å². The van der Waals surface area contributed by atoms with Crippen molar-refractivity contribution in [1.29, 1.82) is 0 Å². The molecule has 0 bridgehead atoms. The number of nitrogens with zero attached hydrogens (tertiary/aromatic N) is 2. The summed E-state index contributed by atoms with van der Waals surface area (Å²) in [6, 6.07) is 10.4. The molecule has 1 aromatic rings. The van der Waals surface area contributed by atoms with E-state index < -0.39 is 7.21 Å². The van der Waals surface area contributed by atoms with Crippen molar-refractivity contribution < 1.29 is 0 Å². The Kier molecular flexibility index (Phi) is 5.19. The summed E-state index contributed by atoms with van der Waals surface area (Å²) in [5.41, 5.74) is 1.11. The van der Waals surface area contributed by atoms with E-state index in [0.29, 0.717) is 0 Å². The van der Waals surface area contributed by atoms with Crippen molar-refractivity contribution in [3.05, 3.63) is 30.3 Å². The summed E-state index contributed by atoms with van der Waals surface area (Å²) in [6.07, 6.45) is 0. The lowest BCUT2D eigenvalue weighted by Gasteiger charge is -2.42. The van der Waals surface area contributed by atoms with Gasteiger partial charge in [-0.05, 0) is 18.8 Å². The Balaban J connectivity index is 3.34. The third-order valence-corrected chi connectivity index (χ3v) is 8.45. The summed E-state index contributed by atoms with van der Waals surface area (Å²) in [6.45, 7) is 15.9. The molecule has 1 aromatic carbocycles. The molecule has 0 aromatic heterocycles. The van der Waals surface area contributed by atoms with E-state index in [1.165, 1.54) is 0 Å². The summed E-state index contributed by atoms with van der Waals surface area (Å²) in [5.74, 6) is 0. The second-order valence-electron chi connectivity index (χ2n) is 5.66. The first-order valence-corrected chi connectivity index (χ1v) is 8.89. The van der Waals surface area contributed by atoms with Crippen LogP contribution in [0.25, 0.3) is 0 Å². The van der Waals surface area contributed by atoms with Gasteiger partial charge in [0.2, 0.25) is 0 Å². The molecule has 1 rings (SSSR count). The third-order valence-electron chi connectivity index (χ3n) is 3.62. The molecule has 102 valence electrons. The maximum Gasteiger partial charge on any atom is 0.0629 e. The van der Waals surface area contributed by atoms with Crippen LogP contribution in [0.2, 0.25) is 0 Å². The largest absolute Gasteiger partial charge is 0.270 e. The van der Waals surface area contributed by atoms with Crippen molar-refractivity contribution >= 4 is 12.9 Å². The van der Waals surface area contributed by atoms with Crippen LogP contribution >= 0.6 is 7.21 Å². The van der Waals surface area contributed by atoms with Crippen molar-refractivity contribution in [2.75, 3.05) is 19.8 Å². The van der Waals surface area contributed by atoms with Crippen LogP contribution < -0.4 is 0 Å². The van der Waals surface area contributed by atoms with E-state index in [1.807, 2.05) is 6.07 Å². The number of benzene rings is 1. The summed E-state index contributed by atoms with van der Waals surface area (Å²) in [7, 11) is -1.53. The minimum atomic E-state index is -1.53. The molecule has 0 aliphatic heterocycles. The van der Waals surface area contributed by atoms with Gasteiger partial charge in [-0.25, -0.2) is 0 Å². The maximum absolute atomic E-state index is 5.14. The van der Waals surface area contributed by atoms with Gasteiger partial charge in [-0.1, -0.05) is 52.8 Å². The zero-order valence-electron chi connectivity index (χ0n) is 12.6. The fraction of sp³-hybridized carbons (Fsp3) is 0.600. The Morgan fingerprint density at radius 3 is 1.94 bits per heavy atom. The minimum absolute atomic E-state index is 0.203. The zero-order chi connectivity index (χ0) is 13.8. The van der Waals surface area contributed by atoms with Crippen molar-refractivity contribution in [2.24, 2.45) is 4.74 Å². The second kappa shape index (κ2) is 6.04. The maximum atomic E-state index is 5.14. The quantitative estimate of drug-likeness (QED) is 0.683. The molecule has 0 spiro atoms. The molecule has 1 unspecified atom stereocenters. The van der Waals surface area contributed by atoms with Crippen molar-refractivity contribution in [2.45, 2.75) is 39.8 Å². The number of hydrogen-bond donors (Lipinski definition) is 0. The molecule has 0 amide bonds. The number of rotatable bonds is 4. The highest BCUT2D eigenvalue weighted by Gasteiger charge is 2.33. The summed E-state index contributed by atoms with van der Waals surface area (Å²) >= 11 is 0. The predicted molar refractivity (Wildman–Crippen MR) is 84.0 cm³/mol. The number of hydrogen-bond acceptors (Lipinski definition) is 1. The molecule has 0 saturated heterocycles. The zero-order valence-corrected chi connectivity index (χ0v) is 13.5. The lowest BCUT2D eigenvalue weighted by atomic mass is 10.3. The topological polar surface area (TPSA) is 15.6 Å². The monoisotopic (exact) mass is 266 g/mol. The van der Waals surface area contributed by atoms with E-state index in [9.17, 15) is 0 Å². The van der Waals surface area contributed by atoms with Gasteiger partial charge >= 0.3 is 0 Å². The molecule has 1 atom stereocenters. The lowest BCUT2D eigenvalue weighted by molar-refractivity contribution is 0.484. The van der Waals surface area contributed by atoms with E-state index in [4.69, 9.17) is 4.74 Å². The Hall–Kier alpha value is -0.590. The van der Waals surface area contributed by atoms with E-state index in [1.54, 1.807) is 0 Å². The molecule has 0 saturated carbocycles. The fourth-order valence-electron chi connectivity index (χ4n) is 2.13. The van der Waals surface area contributed by atoms with Gasteiger partial charge in [0.05, 0.1) is 5.69 Å². The van der Waals surface area contributed by atoms with E-state index in [2.05, 4.69) is 70.2 Å². The highest BCUT2D eigenvalue weighted by atomic mass is 31.2. The molecule has 0 N–H and O–H groups in total. The minimum Gasteiger partial charge on any atom is -0.270 e. The van der Waals surface area contributed by atoms with Gasteiger partial charge in [0.25, 0.3) is 0 Å². The standard InChI is InChI=1S/C15H27N2P/c1-7-17(8-2)18(6,15(3,4)5)16-14-12-10-9-11-13-14/h9-13H,7-8H2,1-6H3. The Morgan fingerprint density at radius 2 is 1.56 bits per heavy atom. The van der Waals surface area contributed by atoms with Crippen LogP contribution in [0.3, 0.4) is 0 Å². The van der Waals surface area contributed by atoms with Gasteiger partial charge in [-0.3, -0.25) is 9.42 Å². The smallest absolute Gasteiger partial charge is 0.0629 e. The Labute approximate surface area is 113 Å². The molecule has 18 heavy (non-hydrogen) atoms. The molecule has 2 nitrogen and oxygen atoms in total. The van der Waals surface area contributed by atoms with Crippen molar-refractivity contribution in [3.63, 3.8) is 0 Å². The van der Waals surface area contributed by atoms with Crippen LogP contribution in [0, 0.1) is 0 Å². The molecule has 0 aliphatic rings. The molecule has 0 radical (unpaired) electrons. The molecule has 0 fully saturated rings. The molecule has 0 aliphatic carbocycles. The molecular weight excluding hydrogens is 239 g/mol. The van der Waals surface area contributed by atoms with E-state index in [-0.39, 0.29) is 5.16 Å². The van der Waals surface area contributed by atoms with Gasteiger partial charge in [-0.15, -0.1) is 0 Å². The lowest BCUT2D eigenvalue weighted by Crippen LogP contribution is -2.29. The average Bonchev–Trinajstić information content (AvgIpc) is 2.30. The van der Waals surface area contributed by atoms with Crippen molar-refractivity contribution in [3.8, 4) is 0 Å². The van der Waals surface area contributed by atoms with Gasteiger partial charge in [0.15, 0.2) is 0 Å². The SMILES string of the molecule is CCN(CC)P(C)(=Nc1ccccc1)C(C)(C)C. The van der Waals surface area contributed by atoms with E-state index in [0.717, 1.165) is 18.8 Å². The first-order valence-electron chi connectivity index (χ1n) is 6.75. The summed E-state index contributed by atoms with van der Waals surface area (Å²) in [4.78, 5) is 0. The van der Waals surface area contributed by atoms with Gasteiger partial charge in [0.1, 0.15) is 0 Å². The second-order valence-corrected chi connectivity index (χ2v) is 9.59. The van der Waals surface area contributed by atoms with Crippen LogP contribution in [0.15, 0.2) is 35.1 Å². The van der Waals surface area contributed by atoms with Crippen LogP contribution in [-0.2, 0) is 0 Å². The molecule has 3 heteroatoms. The third kappa shape index (κ3) is 3.24. The van der Waals surface area contributed by atoms with Gasteiger partial charge < -0.3 is 0 Å². The Bertz CT molecular complexity index is 414. The fourth-order valence-corrected chi connectivity index (χ4v) is 5.09. The Morgan fingerprint density at radius 1 is 1.06 bits per heavy atom. The highest BCUT2D eigenvalue weighted by molar-refractivity contribution is 7.64. The summed E-state index contributed by atoms with van der Waals surface area (Å²) in [5, 5.41) is 0.203. The van der Waals surface area contributed by atoms with Crippen LogP contribution in [-0.4, -0.2) is 29.6 Å². The van der Waals surface area contributed by atoms with Crippen LogP contribution in [0.1, 0.15) is 34.6 Å². The van der Waals surface area contributed by atoms with Crippen LogP contribution in [0.5, 0.6) is 0 Å². The normalized spacial score (nSPS) is 15.5. The average molecular weight is 266 g/mol. The van der Waals surface area contributed by atoms with Gasteiger partial charge in [-0.2, -0.15) is 0 Å². The van der Waals surface area contributed by atoms with Crippen molar-refractivity contribution in [1.82, 2.24) is 4.67 Å². The first kappa shape index (κ1) is 15.5. The highest BCUT2D eigenvalue weighted by Crippen LogP contribution is 2.61. The predicted octanol–water partition coefficient (Wildman–Crippen LogP) is 5.20. The van der Waals surface area contributed by atoms with Gasteiger partial charge in [0, 0.05) is 25.5 Å². The molecular formula is C15H27N2P. The first-order chi connectivity index (χ1) is 8.35. The summed E-state index contributed by atoms with van der Waals surface area (Å²) < 4.78 is 7.68.